The van der Waals surface area contributed by atoms with Crippen LogP contribution in [0.4, 0.5) is 5.69 Å². The summed E-state index contributed by atoms with van der Waals surface area (Å²) in [7, 11) is 0. The maximum absolute atomic E-state index is 13.2. The fourth-order valence-corrected chi connectivity index (χ4v) is 4.45. The molecule has 1 heterocycles. The van der Waals surface area contributed by atoms with Crippen molar-refractivity contribution < 1.29 is 19.1 Å². The Morgan fingerprint density at radius 2 is 1.94 bits per heavy atom. The second-order valence-electron chi connectivity index (χ2n) is 9.08. The number of ketones is 1. The lowest BCUT2D eigenvalue weighted by Gasteiger charge is -2.37. The van der Waals surface area contributed by atoms with E-state index in [1.807, 2.05) is 13.8 Å². The van der Waals surface area contributed by atoms with Crippen molar-refractivity contribution in [2.24, 2.45) is 11.1 Å². The molecule has 0 fully saturated rings. The zero-order valence-electron chi connectivity index (χ0n) is 18.9. The van der Waals surface area contributed by atoms with Crippen LogP contribution in [0.3, 0.4) is 0 Å². The van der Waals surface area contributed by atoms with Crippen molar-refractivity contribution in [2.75, 3.05) is 11.9 Å². The number of nitrogens with one attached hydrogen (secondary N) is 1. The molecule has 1 aliphatic carbocycles. The molecule has 174 valence electrons. The summed E-state index contributed by atoms with van der Waals surface area (Å²) >= 11 is 5.88. The van der Waals surface area contributed by atoms with E-state index in [-0.39, 0.29) is 35.2 Å². The number of anilines is 1. The predicted octanol–water partition coefficient (Wildman–Crippen LogP) is 4.81. The number of allylic oxidation sites excluding steroid dienone is 3. The van der Waals surface area contributed by atoms with Gasteiger partial charge in [0.15, 0.2) is 12.4 Å². The molecule has 1 unspecified atom stereocenters. The lowest BCUT2D eigenvalue weighted by atomic mass is 9.70. The van der Waals surface area contributed by atoms with E-state index in [0.29, 0.717) is 46.2 Å². The van der Waals surface area contributed by atoms with Gasteiger partial charge in [-0.2, -0.15) is 5.26 Å². The van der Waals surface area contributed by atoms with Crippen LogP contribution in [0.1, 0.15) is 38.2 Å². The molecule has 4 rings (SSSR count). The van der Waals surface area contributed by atoms with Crippen molar-refractivity contribution in [1.82, 2.24) is 0 Å². The fourth-order valence-electron chi connectivity index (χ4n) is 4.32. The standard InChI is InChI=1S/C26H24ClN3O4/c1-26(2)11-19(31)24-21(12-26)34-25(29)18(13-28)23(24)17-5-3-4-6-20(17)33-14-22(32)30-16-9-7-15(27)8-10-16/h3-10,23H,11-12,14,29H2,1-2H3,(H,30,32). The van der Waals surface area contributed by atoms with Gasteiger partial charge in [-0.3, -0.25) is 9.59 Å². The minimum absolute atomic E-state index is 0.0213. The van der Waals surface area contributed by atoms with Gasteiger partial charge in [0.05, 0.1) is 5.92 Å². The number of carbonyl (C=O) groups excluding carboxylic acids is 2. The van der Waals surface area contributed by atoms with Crippen LogP contribution in [0.5, 0.6) is 5.75 Å². The molecule has 2 aromatic carbocycles. The highest BCUT2D eigenvalue weighted by Crippen LogP contribution is 2.49. The summed E-state index contributed by atoms with van der Waals surface area (Å²) in [6, 6.07) is 15.8. The maximum Gasteiger partial charge on any atom is 0.262 e. The van der Waals surface area contributed by atoms with Gasteiger partial charge in [-0.25, -0.2) is 0 Å². The SMILES string of the molecule is CC1(C)CC(=O)C2=C(C1)OC(N)=C(C#N)C2c1ccccc1OCC(=O)Nc1ccc(Cl)cc1. The number of benzene rings is 2. The first-order chi connectivity index (χ1) is 16.2. The molecule has 0 bridgehead atoms. The first-order valence-corrected chi connectivity index (χ1v) is 11.2. The van der Waals surface area contributed by atoms with Gasteiger partial charge < -0.3 is 20.5 Å². The number of hydrogen-bond acceptors (Lipinski definition) is 6. The molecule has 1 atom stereocenters. The minimum atomic E-state index is -0.729. The van der Waals surface area contributed by atoms with Crippen LogP contribution in [0.25, 0.3) is 0 Å². The molecular weight excluding hydrogens is 454 g/mol. The third kappa shape index (κ3) is 4.78. The molecule has 0 aromatic heterocycles. The highest BCUT2D eigenvalue weighted by molar-refractivity contribution is 6.30. The molecule has 2 aliphatic rings. The zero-order valence-corrected chi connectivity index (χ0v) is 19.6. The molecule has 0 saturated heterocycles. The summed E-state index contributed by atoms with van der Waals surface area (Å²) in [6.07, 6.45) is 0.854. The molecule has 2 aromatic rings. The van der Waals surface area contributed by atoms with Crippen LogP contribution in [0.15, 0.2) is 71.3 Å². The van der Waals surface area contributed by atoms with E-state index in [1.165, 1.54) is 0 Å². The highest BCUT2D eigenvalue weighted by atomic mass is 35.5. The number of rotatable bonds is 5. The normalized spacial score (nSPS) is 19.1. The van der Waals surface area contributed by atoms with Gasteiger partial charge in [0.25, 0.3) is 5.91 Å². The number of nitriles is 1. The van der Waals surface area contributed by atoms with Crippen molar-refractivity contribution in [3.8, 4) is 11.8 Å². The van der Waals surface area contributed by atoms with Crippen molar-refractivity contribution in [3.05, 3.63) is 81.9 Å². The van der Waals surface area contributed by atoms with Gasteiger partial charge in [0.2, 0.25) is 5.88 Å². The van der Waals surface area contributed by atoms with Gasteiger partial charge in [-0.05, 0) is 35.7 Å². The number of para-hydroxylation sites is 1. The number of ether oxygens (including phenoxy) is 2. The van der Waals surface area contributed by atoms with Crippen molar-refractivity contribution in [1.29, 1.82) is 5.26 Å². The van der Waals surface area contributed by atoms with Crippen LogP contribution >= 0.6 is 11.6 Å². The summed E-state index contributed by atoms with van der Waals surface area (Å²) in [5.74, 6) is -0.342. The van der Waals surface area contributed by atoms with Gasteiger partial charge in [0.1, 0.15) is 23.2 Å². The van der Waals surface area contributed by atoms with Gasteiger partial charge in [-0.15, -0.1) is 0 Å². The molecule has 1 aliphatic heterocycles. The van der Waals surface area contributed by atoms with Gasteiger partial charge in [0, 0.05) is 34.7 Å². The molecule has 0 radical (unpaired) electrons. The highest BCUT2D eigenvalue weighted by Gasteiger charge is 2.43. The number of nitrogens with zero attached hydrogens (tertiary/aromatic N) is 1. The Morgan fingerprint density at radius 3 is 2.65 bits per heavy atom. The monoisotopic (exact) mass is 477 g/mol. The molecule has 1 amide bonds. The third-order valence-electron chi connectivity index (χ3n) is 5.79. The van der Waals surface area contributed by atoms with Crippen LogP contribution < -0.4 is 15.8 Å². The second kappa shape index (κ2) is 9.24. The summed E-state index contributed by atoms with van der Waals surface area (Å²) in [5.41, 5.74) is 7.56. The maximum atomic E-state index is 13.2. The Labute approximate surface area is 202 Å². The van der Waals surface area contributed by atoms with Crippen LogP contribution in [0, 0.1) is 16.7 Å². The average molecular weight is 478 g/mol. The van der Waals surface area contributed by atoms with E-state index in [0.717, 1.165) is 0 Å². The number of halogens is 1. The summed E-state index contributed by atoms with van der Waals surface area (Å²) < 4.78 is 11.6. The summed E-state index contributed by atoms with van der Waals surface area (Å²) in [4.78, 5) is 25.6. The number of Topliss-reactive ketones (excluding diaryl/α,β-unsaturated/α-hetero) is 1. The number of hydrogen-bond donors (Lipinski definition) is 2. The Bertz CT molecular complexity index is 1260. The fraction of sp³-hybridized carbons (Fsp3) is 0.269. The van der Waals surface area contributed by atoms with E-state index in [1.54, 1.807) is 48.5 Å². The van der Waals surface area contributed by atoms with Gasteiger partial charge >= 0.3 is 0 Å². The quantitative estimate of drug-likeness (QED) is 0.638. The molecule has 0 spiro atoms. The number of amides is 1. The molecule has 7 nitrogen and oxygen atoms in total. The van der Waals surface area contributed by atoms with Crippen LogP contribution in [0.2, 0.25) is 5.02 Å². The number of carbonyl (C=O) groups is 2. The predicted molar refractivity (Wildman–Crippen MR) is 128 cm³/mol. The molecule has 34 heavy (non-hydrogen) atoms. The molecule has 8 heteroatoms. The Hall–Kier alpha value is -3.76. The van der Waals surface area contributed by atoms with Crippen molar-refractivity contribution >= 4 is 29.0 Å². The van der Waals surface area contributed by atoms with Crippen molar-refractivity contribution in [3.63, 3.8) is 0 Å². The Kier molecular flexibility index (Phi) is 6.36. The van der Waals surface area contributed by atoms with E-state index in [9.17, 15) is 14.9 Å². The first kappa shape index (κ1) is 23.4. The largest absolute Gasteiger partial charge is 0.483 e. The minimum Gasteiger partial charge on any atom is -0.483 e. The van der Waals surface area contributed by atoms with Crippen LogP contribution in [-0.4, -0.2) is 18.3 Å². The second-order valence-corrected chi connectivity index (χ2v) is 9.52. The van der Waals surface area contributed by atoms with E-state index >= 15 is 0 Å². The zero-order chi connectivity index (χ0) is 24.5. The smallest absolute Gasteiger partial charge is 0.262 e. The van der Waals surface area contributed by atoms with Crippen LogP contribution in [-0.2, 0) is 14.3 Å². The van der Waals surface area contributed by atoms with E-state index < -0.39 is 5.92 Å². The average Bonchev–Trinajstić information content (AvgIpc) is 2.77. The molecular formula is C26H24ClN3O4. The molecule has 3 N–H and O–H groups in total. The topological polar surface area (TPSA) is 114 Å². The first-order valence-electron chi connectivity index (χ1n) is 10.8. The summed E-state index contributed by atoms with van der Waals surface area (Å²) in [5, 5.41) is 13.2. The lowest BCUT2D eigenvalue weighted by Crippen LogP contribution is -2.33. The Morgan fingerprint density at radius 1 is 1.24 bits per heavy atom. The third-order valence-corrected chi connectivity index (χ3v) is 6.04. The number of nitrogens with two attached hydrogens (primary N) is 1. The van der Waals surface area contributed by atoms with E-state index in [2.05, 4.69) is 11.4 Å². The van der Waals surface area contributed by atoms with E-state index in [4.69, 9.17) is 26.8 Å². The lowest BCUT2D eigenvalue weighted by molar-refractivity contribution is -0.119. The summed E-state index contributed by atoms with van der Waals surface area (Å²) in [6.45, 7) is 3.71. The Balaban J connectivity index is 1.63. The molecule has 0 saturated carbocycles. The van der Waals surface area contributed by atoms with Crippen molar-refractivity contribution in [2.45, 2.75) is 32.6 Å². The van der Waals surface area contributed by atoms with Gasteiger partial charge in [-0.1, -0.05) is 43.6 Å².